The highest BCUT2D eigenvalue weighted by molar-refractivity contribution is 6.30. The van der Waals surface area contributed by atoms with Gasteiger partial charge in [-0.05, 0) is 49.7 Å². The van der Waals surface area contributed by atoms with Gasteiger partial charge in [-0.1, -0.05) is 36.5 Å². The Balaban J connectivity index is 1.44. The van der Waals surface area contributed by atoms with Crippen molar-refractivity contribution in [2.75, 3.05) is 11.4 Å². The number of aromatic nitrogens is 8. The van der Waals surface area contributed by atoms with E-state index in [4.69, 9.17) is 31.1 Å². The van der Waals surface area contributed by atoms with E-state index < -0.39 is 5.76 Å². The van der Waals surface area contributed by atoms with Gasteiger partial charge in [-0.25, -0.2) is 19.7 Å². The van der Waals surface area contributed by atoms with E-state index in [1.54, 1.807) is 12.4 Å². The third-order valence-electron chi connectivity index (χ3n) is 8.52. The summed E-state index contributed by atoms with van der Waals surface area (Å²) in [7, 11) is 2.00. The number of fused-ring (bicyclic) bond motifs is 1. The minimum absolute atomic E-state index is 0.133. The SMILES string of the molecule is Cn1cnc(C2CCCN2c2nc3cc(-c4noc(=O)[nH]4)nc(-c4cncc(Cl)c4)c3n2C[C@H]2CC[C@H](C)CC2)c1. The van der Waals surface area contributed by atoms with Gasteiger partial charge < -0.3 is 14.0 Å². The Labute approximate surface area is 241 Å². The van der Waals surface area contributed by atoms with Gasteiger partial charge in [0.25, 0.3) is 0 Å². The van der Waals surface area contributed by atoms with E-state index in [1.807, 2.05) is 30.1 Å². The summed E-state index contributed by atoms with van der Waals surface area (Å²) in [6.45, 7) is 4.07. The molecule has 1 aliphatic carbocycles. The van der Waals surface area contributed by atoms with Crippen LogP contribution in [0.25, 0.3) is 33.8 Å². The Morgan fingerprint density at radius 2 is 1.98 bits per heavy atom. The van der Waals surface area contributed by atoms with Crippen LogP contribution in [0.1, 0.15) is 57.2 Å². The Hall–Kier alpha value is -3.99. The van der Waals surface area contributed by atoms with Crippen molar-refractivity contribution in [1.29, 1.82) is 0 Å². The molecule has 5 aromatic heterocycles. The molecule has 0 aromatic carbocycles. The molecular weight excluding hydrogens is 542 g/mol. The maximum atomic E-state index is 11.8. The molecule has 1 unspecified atom stereocenters. The Morgan fingerprint density at radius 1 is 1.12 bits per heavy atom. The molecule has 0 radical (unpaired) electrons. The van der Waals surface area contributed by atoms with Crippen LogP contribution < -0.4 is 10.7 Å². The first-order valence-electron chi connectivity index (χ1n) is 14.3. The number of pyridine rings is 2. The molecule has 2 fully saturated rings. The van der Waals surface area contributed by atoms with Crippen LogP contribution in [0.4, 0.5) is 5.95 Å². The summed E-state index contributed by atoms with van der Waals surface area (Å²) in [5, 5.41) is 4.42. The second kappa shape index (κ2) is 10.4. The normalized spacial score (nSPS) is 21.2. The van der Waals surface area contributed by atoms with Gasteiger partial charge in [0.05, 0.1) is 39.8 Å². The molecule has 2 aliphatic rings. The zero-order valence-electron chi connectivity index (χ0n) is 23.1. The number of halogens is 1. The van der Waals surface area contributed by atoms with E-state index in [1.165, 1.54) is 25.7 Å². The molecule has 7 rings (SSSR count). The zero-order valence-corrected chi connectivity index (χ0v) is 23.9. The molecule has 1 aliphatic heterocycles. The number of anilines is 1. The maximum Gasteiger partial charge on any atom is 0.439 e. The number of H-pyrrole nitrogens is 1. The lowest BCUT2D eigenvalue weighted by molar-refractivity contribution is 0.266. The van der Waals surface area contributed by atoms with Crippen molar-refractivity contribution in [3.63, 3.8) is 0 Å². The van der Waals surface area contributed by atoms with Crippen LogP contribution in [0, 0.1) is 11.8 Å². The summed E-state index contributed by atoms with van der Waals surface area (Å²) in [5.41, 5.74) is 4.65. The number of hydrogen-bond donors (Lipinski definition) is 1. The summed E-state index contributed by atoms with van der Waals surface area (Å²) >= 11 is 6.41. The van der Waals surface area contributed by atoms with Gasteiger partial charge in [0.1, 0.15) is 5.69 Å². The first kappa shape index (κ1) is 25.9. The lowest BCUT2D eigenvalue weighted by atomic mass is 9.83. The molecule has 5 aromatic rings. The number of rotatable bonds is 6. The maximum absolute atomic E-state index is 11.8. The quantitative estimate of drug-likeness (QED) is 0.287. The fraction of sp³-hybridized carbons (Fsp3) is 0.448. The minimum atomic E-state index is -0.638. The number of aromatic amines is 1. The van der Waals surface area contributed by atoms with E-state index >= 15 is 0 Å². The standard InChI is InChI=1S/C29H32ClN9O2/c1-17-5-7-18(8-6-17)14-39-26-21(34-28(39)38-9-3-4-24(38)23-15-37(2)16-32-23)11-22(27-35-29(40)41-36-27)33-25(26)19-10-20(30)13-31-12-19/h10-13,15-18,24H,3-9,14H2,1-2H3,(H,35,36,40)/t17-,18-,24?. The summed E-state index contributed by atoms with van der Waals surface area (Å²) in [5.74, 6) is 1.82. The third kappa shape index (κ3) is 4.92. The Morgan fingerprint density at radius 3 is 2.71 bits per heavy atom. The van der Waals surface area contributed by atoms with Gasteiger partial charge in [0, 0.05) is 44.3 Å². The molecule has 0 bridgehead atoms. The Bertz CT molecular complexity index is 1760. The summed E-state index contributed by atoms with van der Waals surface area (Å²) in [4.78, 5) is 36.2. The van der Waals surface area contributed by atoms with Crippen molar-refractivity contribution in [2.45, 2.75) is 58.0 Å². The average molecular weight is 574 g/mol. The zero-order chi connectivity index (χ0) is 28.1. The second-order valence-corrected chi connectivity index (χ2v) is 12.0. The largest absolute Gasteiger partial charge is 0.439 e. The summed E-state index contributed by atoms with van der Waals surface area (Å²) in [6, 6.07) is 3.87. The average Bonchev–Trinajstić information content (AvgIpc) is 3.76. The molecule has 1 N–H and O–H groups in total. The van der Waals surface area contributed by atoms with Crippen LogP contribution in [-0.4, -0.2) is 45.8 Å². The van der Waals surface area contributed by atoms with Crippen molar-refractivity contribution in [2.24, 2.45) is 18.9 Å². The second-order valence-electron chi connectivity index (χ2n) is 11.5. The van der Waals surface area contributed by atoms with E-state index in [0.29, 0.717) is 22.3 Å². The van der Waals surface area contributed by atoms with Crippen molar-refractivity contribution in [1.82, 2.24) is 39.2 Å². The summed E-state index contributed by atoms with van der Waals surface area (Å²) in [6.07, 6.45) is 14.2. The highest BCUT2D eigenvalue weighted by Crippen LogP contribution is 2.41. The van der Waals surface area contributed by atoms with Crippen LogP contribution >= 0.6 is 11.6 Å². The molecular formula is C29H32ClN9O2. The van der Waals surface area contributed by atoms with E-state index in [-0.39, 0.29) is 11.9 Å². The van der Waals surface area contributed by atoms with Gasteiger partial charge in [-0.15, -0.1) is 0 Å². The smallest absolute Gasteiger partial charge is 0.340 e. The third-order valence-corrected chi connectivity index (χ3v) is 8.72. The van der Waals surface area contributed by atoms with Crippen molar-refractivity contribution < 1.29 is 4.52 Å². The molecule has 0 amide bonds. The highest BCUT2D eigenvalue weighted by Gasteiger charge is 2.33. The fourth-order valence-corrected chi connectivity index (χ4v) is 6.60. The van der Waals surface area contributed by atoms with Crippen molar-refractivity contribution in [3.8, 4) is 22.8 Å². The van der Waals surface area contributed by atoms with Crippen molar-refractivity contribution >= 4 is 28.6 Å². The van der Waals surface area contributed by atoms with Crippen LogP contribution in [0.3, 0.4) is 0 Å². The predicted molar refractivity (Wildman–Crippen MR) is 156 cm³/mol. The molecule has 212 valence electrons. The Kier molecular flexibility index (Phi) is 6.61. The van der Waals surface area contributed by atoms with E-state index in [2.05, 4.69) is 37.7 Å². The first-order valence-corrected chi connectivity index (χ1v) is 14.6. The lowest BCUT2D eigenvalue weighted by Gasteiger charge is -2.30. The van der Waals surface area contributed by atoms with Gasteiger partial charge in [-0.2, -0.15) is 0 Å². The van der Waals surface area contributed by atoms with Gasteiger partial charge in [-0.3, -0.25) is 14.5 Å². The van der Waals surface area contributed by atoms with E-state index in [9.17, 15) is 4.79 Å². The molecule has 0 spiro atoms. The first-order chi connectivity index (χ1) is 19.9. The predicted octanol–water partition coefficient (Wildman–Crippen LogP) is 5.39. The number of nitrogens with one attached hydrogen (secondary N) is 1. The molecule has 12 heteroatoms. The number of imidazole rings is 2. The van der Waals surface area contributed by atoms with Crippen LogP contribution in [0.5, 0.6) is 0 Å². The summed E-state index contributed by atoms with van der Waals surface area (Å²) < 4.78 is 9.16. The molecule has 6 heterocycles. The molecule has 1 atom stereocenters. The van der Waals surface area contributed by atoms with Crippen LogP contribution in [0.2, 0.25) is 5.02 Å². The molecule has 1 saturated carbocycles. The van der Waals surface area contributed by atoms with Gasteiger partial charge >= 0.3 is 5.76 Å². The van der Waals surface area contributed by atoms with E-state index in [0.717, 1.165) is 60.1 Å². The highest BCUT2D eigenvalue weighted by atomic mass is 35.5. The van der Waals surface area contributed by atoms with Crippen LogP contribution in [0.15, 0.2) is 46.4 Å². The fourth-order valence-electron chi connectivity index (χ4n) is 6.43. The van der Waals surface area contributed by atoms with Gasteiger partial charge in [0.2, 0.25) is 11.8 Å². The molecule has 1 saturated heterocycles. The lowest BCUT2D eigenvalue weighted by Crippen LogP contribution is -2.28. The number of aryl methyl sites for hydroxylation is 1. The number of nitrogens with zero attached hydrogens (tertiary/aromatic N) is 8. The topological polar surface area (TPSA) is 124 Å². The monoisotopic (exact) mass is 573 g/mol. The van der Waals surface area contributed by atoms with Crippen LogP contribution in [-0.2, 0) is 13.6 Å². The van der Waals surface area contributed by atoms with Crippen molar-refractivity contribution in [3.05, 3.63) is 58.3 Å². The number of hydrogen-bond acceptors (Lipinski definition) is 8. The molecule has 41 heavy (non-hydrogen) atoms. The molecule has 11 nitrogen and oxygen atoms in total. The minimum Gasteiger partial charge on any atom is -0.340 e. The van der Waals surface area contributed by atoms with Gasteiger partial charge in [0.15, 0.2) is 0 Å².